The van der Waals surface area contributed by atoms with Crippen LogP contribution in [0.3, 0.4) is 0 Å². The Labute approximate surface area is 270 Å². The van der Waals surface area contributed by atoms with E-state index in [0.717, 1.165) is 33.4 Å². The maximum atomic E-state index is 12.6. The summed E-state index contributed by atoms with van der Waals surface area (Å²) in [7, 11) is 0. The third-order valence-electron chi connectivity index (χ3n) is 7.99. The Balaban J connectivity index is 1.94. The van der Waals surface area contributed by atoms with Crippen molar-refractivity contribution in [1.82, 2.24) is 10.6 Å². The Morgan fingerprint density at radius 2 is 1.15 bits per heavy atom. The molecule has 10 heteroatoms. The van der Waals surface area contributed by atoms with E-state index >= 15 is 0 Å². The largest absolute Gasteiger partial charge is 0.481 e. The minimum Gasteiger partial charge on any atom is -0.481 e. The van der Waals surface area contributed by atoms with E-state index in [-0.39, 0.29) is 30.4 Å². The first-order valence-electron chi connectivity index (χ1n) is 15.2. The molecule has 0 bridgehead atoms. The normalized spacial score (nSPS) is 10.5. The zero-order valence-electron chi connectivity index (χ0n) is 26.4. The van der Waals surface area contributed by atoms with Gasteiger partial charge in [-0.25, -0.2) is 0 Å². The molecule has 46 heavy (non-hydrogen) atoms. The van der Waals surface area contributed by atoms with E-state index in [4.69, 9.17) is 26.2 Å². The molecule has 0 aliphatic carbocycles. The predicted octanol–water partition coefficient (Wildman–Crippen LogP) is 5.24. The van der Waals surface area contributed by atoms with Gasteiger partial charge in [-0.3, -0.25) is 9.59 Å². The summed E-state index contributed by atoms with van der Waals surface area (Å²) in [6.07, 6.45) is 5.72. The molecule has 0 amide bonds. The summed E-state index contributed by atoms with van der Waals surface area (Å²) >= 11 is 0. The molecule has 2 aromatic rings. The van der Waals surface area contributed by atoms with Gasteiger partial charge >= 0.3 is 11.9 Å². The third kappa shape index (κ3) is 12.0. The predicted molar refractivity (Wildman–Crippen MR) is 175 cm³/mol. The molecular weight excluding hydrogens is 580 g/mol. The van der Waals surface area contributed by atoms with Crippen LogP contribution in [0.15, 0.2) is 47.5 Å². The van der Waals surface area contributed by atoms with Crippen molar-refractivity contribution in [1.29, 1.82) is 21.0 Å². The van der Waals surface area contributed by atoms with Gasteiger partial charge in [0.1, 0.15) is 35.4 Å². The Hall–Kier alpha value is -5.26. The van der Waals surface area contributed by atoms with Crippen molar-refractivity contribution in [3.05, 3.63) is 80.9 Å². The first kappa shape index (κ1) is 36.9. The quantitative estimate of drug-likeness (QED) is 0.119. The van der Waals surface area contributed by atoms with Crippen molar-refractivity contribution in [2.75, 3.05) is 26.2 Å². The fraction of sp³-hybridized carbons (Fsp3) is 0.389. The number of nitrogens with zero attached hydrogens (tertiary/aromatic N) is 4. The van der Waals surface area contributed by atoms with Crippen LogP contribution in [0.25, 0.3) is 12.2 Å². The van der Waals surface area contributed by atoms with Crippen LogP contribution in [0.5, 0.6) is 0 Å². The van der Waals surface area contributed by atoms with Gasteiger partial charge in [0.25, 0.3) is 0 Å². The second kappa shape index (κ2) is 19.2. The maximum absolute atomic E-state index is 12.6. The lowest BCUT2D eigenvalue weighted by atomic mass is 9.76. The van der Waals surface area contributed by atoms with Gasteiger partial charge in [0.15, 0.2) is 0 Å². The van der Waals surface area contributed by atoms with Crippen LogP contribution in [0, 0.1) is 64.6 Å². The number of carboxylic acid groups (broad SMARTS) is 2. The van der Waals surface area contributed by atoms with Gasteiger partial charge in [0.2, 0.25) is 0 Å². The van der Waals surface area contributed by atoms with Crippen LogP contribution in [-0.4, -0.2) is 48.3 Å². The molecule has 0 heterocycles. The molecule has 0 aliphatic rings. The van der Waals surface area contributed by atoms with Crippen LogP contribution in [0.1, 0.15) is 65.5 Å². The summed E-state index contributed by atoms with van der Waals surface area (Å²) < 4.78 is 0. The van der Waals surface area contributed by atoms with Crippen LogP contribution in [0.4, 0.5) is 0 Å². The molecule has 238 valence electrons. The van der Waals surface area contributed by atoms with Crippen molar-refractivity contribution in [2.24, 2.45) is 5.41 Å². The first-order chi connectivity index (χ1) is 22.1. The molecule has 4 N–H and O–H groups in total. The summed E-state index contributed by atoms with van der Waals surface area (Å²) in [6.45, 7) is 6.02. The number of aliphatic carboxylic acids is 2. The number of hydrogen-bond acceptors (Lipinski definition) is 8. The monoisotopic (exact) mass is 620 g/mol. The van der Waals surface area contributed by atoms with Crippen LogP contribution < -0.4 is 10.6 Å². The number of hydrogen-bond donors (Lipinski definition) is 4. The molecule has 10 nitrogen and oxygen atoms in total. The number of nitrogens with one attached hydrogen (secondary N) is 2. The first-order valence-corrected chi connectivity index (χ1v) is 15.2. The molecule has 0 radical (unpaired) electrons. The second-order valence-corrected chi connectivity index (χ2v) is 11.3. The highest BCUT2D eigenvalue weighted by Crippen LogP contribution is 2.33. The summed E-state index contributed by atoms with van der Waals surface area (Å²) in [5.74, 6) is -1.87. The van der Waals surface area contributed by atoms with Gasteiger partial charge in [-0.2, -0.15) is 21.0 Å². The summed E-state index contributed by atoms with van der Waals surface area (Å²) in [4.78, 5) is 23.7. The van der Waals surface area contributed by atoms with E-state index in [1.54, 1.807) is 12.2 Å². The van der Waals surface area contributed by atoms with Crippen LogP contribution in [0.2, 0.25) is 0 Å². The van der Waals surface area contributed by atoms with Gasteiger partial charge in [-0.05, 0) is 124 Å². The van der Waals surface area contributed by atoms with Gasteiger partial charge in [0.05, 0.1) is 5.41 Å². The highest BCUT2D eigenvalue weighted by molar-refractivity contribution is 5.75. The SMILES string of the molecule is Cc1cc(CCNCCC(CCCC(=O)O)(CCNCCc2ccc(C=C(C#N)C#N)c(C)c2)C(=O)O)ccc1C=C(C#N)C#N. The average molecular weight is 621 g/mol. The molecule has 0 fully saturated rings. The van der Waals surface area contributed by atoms with Crippen molar-refractivity contribution >= 4 is 24.1 Å². The number of carbonyl (C=O) groups is 2. The zero-order valence-corrected chi connectivity index (χ0v) is 26.4. The maximum Gasteiger partial charge on any atom is 0.309 e. The van der Waals surface area contributed by atoms with Gasteiger partial charge in [-0.15, -0.1) is 0 Å². The summed E-state index contributed by atoms with van der Waals surface area (Å²) in [6, 6.07) is 19.1. The van der Waals surface area contributed by atoms with Crippen molar-refractivity contribution in [2.45, 2.75) is 58.8 Å². The summed E-state index contributed by atoms with van der Waals surface area (Å²) in [5, 5.41) is 62.1. The van der Waals surface area contributed by atoms with E-state index in [2.05, 4.69) is 10.6 Å². The van der Waals surface area contributed by atoms with Gasteiger partial charge in [-0.1, -0.05) is 36.4 Å². The topological polar surface area (TPSA) is 194 Å². The van der Waals surface area contributed by atoms with E-state index < -0.39 is 17.4 Å². The van der Waals surface area contributed by atoms with E-state index in [9.17, 15) is 14.7 Å². The smallest absolute Gasteiger partial charge is 0.309 e. The number of benzene rings is 2. The molecule has 0 aromatic heterocycles. The number of nitriles is 4. The average Bonchev–Trinajstić information content (AvgIpc) is 3.03. The molecule has 0 atom stereocenters. The van der Waals surface area contributed by atoms with Gasteiger partial charge in [0, 0.05) is 6.42 Å². The van der Waals surface area contributed by atoms with Crippen molar-refractivity contribution in [3.8, 4) is 24.3 Å². The third-order valence-corrected chi connectivity index (χ3v) is 7.99. The molecule has 0 unspecified atom stereocenters. The highest BCUT2D eigenvalue weighted by atomic mass is 16.4. The lowest BCUT2D eigenvalue weighted by molar-refractivity contribution is -0.151. The standard InChI is InChI=1S/C36H40N6O4/c1-26-18-28(5-7-32(26)20-30(22-37)23-38)9-14-41-16-12-36(35(45)46,11-3-4-34(43)44)13-17-42-15-10-29-6-8-33(27(2)19-29)21-31(24-39)25-40/h5-8,18-21,41-42H,3-4,9-17H2,1-2H3,(H,43,44)(H,45,46). The molecule has 0 saturated heterocycles. The lowest BCUT2D eigenvalue weighted by Crippen LogP contribution is -2.38. The minimum atomic E-state index is -1.07. The molecule has 2 aromatic carbocycles. The Morgan fingerprint density at radius 1 is 0.717 bits per heavy atom. The van der Waals surface area contributed by atoms with E-state index in [1.165, 1.54) is 0 Å². The van der Waals surface area contributed by atoms with Crippen molar-refractivity contribution in [3.63, 3.8) is 0 Å². The summed E-state index contributed by atoms with van der Waals surface area (Å²) in [5.41, 5.74) is 4.68. The Kier molecular flexibility index (Phi) is 15.4. The Bertz CT molecular complexity index is 1480. The fourth-order valence-corrected chi connectivity index (χ4v) is 5.25. The number of aryl methyl sites for hydroxylation is 2. The zero-order chi connectivity index (χ0) is 34.0. The Morgan fingerprint density at radius 3 is 1.50 bits per heavy atom. The van der Waals surface area contributed by atoms with Gasteiger partial charge < -0.3 is 20.8 Å². The minimum absolute atomic E-state index is 0.0428. The molecule has 2 rings (SSSR count). The van der Waals surface area contributed by atoms with E-state index in [0.29, 0.717) is 51.9 Å². The van der Waals surface area contributed by atoms with E-state index in [1.807, 2.05) is 74.5 Å². The van der Waals surface area contributed by atoms with Crippen molar-refractivity contribution < 1.29 is 19.8 Å². The second-order valence-electron chi connectivity index (χ2n) is 11.3. The molecule has 0 spiro atoms. The highest BCUT2D eigenvalue weighted by Gasteiger charge is 2.37. The molecule has 0 aliphatic heterocycles. The van der Waals surface area contributed by atoms with Crippen LogP contribution in [-0.2, 0) is 22.4 Å². The number of rotatable bonds is 19. The number of allylic oxidation sites excluding steroid dienone is 2. The lowest BCUT2D eigenvalue weighted by Gasteiger charge is -2.30. The molecular formula is C36H40N6O4. The number of carboxylic acids is 2. The molecule has 0 saturated carbocycles. The van der Waals surface area contributed by atoms with Crippen LogP contribution >= 0.6 is 0 Å². The fourth-order valence-electron chi connectivity index (χ4n) is 5.25.